The molecule has 6 nitrogen and oxygen atoms in total. The maximum atomic E-state index is 13.2. The van der Waals surface area contributed by atoms with E-state index >= 15 is 0 Å². The number of amides is 3. The minimum atomic E-state index is -4.79. The molecule has 1 aliphatic heterocycles. The third-order valence-corrected chi connectivity index (χ3v) is 5.42. The Kier molecular flexibility index (Phi) is 5.80. The van der Waals surface area contributed by atoms with Crippen molar-refractivity contribution in [2.45, 2.75) is 55.8 Å². The lowest BCUT2D eigenvalue weighted by atomic mass is 9.93. The highest BCUT2D eigenvalue weighted by atomic mass is 35.5. The zero-order valence-corrected chi connectivity index (χ0v) is 16.3. The van der Waals surface area contributed by atoms with Gasteiger partial charge in [-0.2, -0.15) is 0 Å². The van der Waals surface area contributed by atoms with Crippen LogP contribution in [0.15, 0.2) is 24.3 Å². The molecule has 0 radical (unpaired) electrons. The lowest BCUT2D eigenvalue weighted by Crippen LogP contribution is -2.51. The van der Waals surface area contributed by atoms with Crippen molar-refractivity contribution < 1.29 is 32.3 Å². The number of carbonyl (C=O) groups is 3. The number of carbonyl (C=O) groups excluding carboxylic acids is 3. The Balaban J connectivity index is 1.73. The molecular weight excluding hydrogens is 413 g/mol. The third-order valence-electron chi connectivity index (χ3n) is 5.22. The molecule has 1 N–H and O–H groups in total. The van der Waals surface area contributed by atoms with Crippen molar-refractivity contribution in [1.82, 2.24) is 10.2 Å². The SMILES string of the molecule is C[C@H](Cl)C(=O)NC(=O)[C@@H]1CCCN1C(=O)C1(c2ccc(OC(F)(F)F)cc2)CC1. The Hall–Kier alpha value is -2.29. The molecule has 3 rings (SSSR count). The summed E-state index contributed by atoms with van der Waals surface area (Å²) in [5.41, 5.74) is -0.280. The van der Waals surface area contributed by atoms with Crippen LogP contribution in [0.1, 0.15) is 38.2 Å². The van der Waals surface area contributed by atoms with E-state index < -0.39 is 35.0 Å². The van der Waals surface area contributed by atoms with Crippen LogP contribution in [0, 0.1) is 0 Å². The van der Waals surface area contributed by atoms with E-state index in [1.54, 1.807) is 0 Å². The van der Waals surface area contributed by atoms with Crippen LogP contribution in [-0.2, 0) is 19.8 Å². The second-order valence-corrected chi connectivity index (χ2v) is 7.94. The highest BCUT2D eigenvalue weighted by Gasteiger charge is 2.55. The molecule has 1 aromatic rings. The van der Waals surface area contributed by atoms with Gasteiger partial charge in [-0.25, -0.2) is 0 Å². The molecule has 1 saturated carbocycles. The first-order valence-corrected chi connectivity index (χ1v) is 9.63. The van der Waals surface area contributed by atoms with E-state index in [9.17, 15) is 27.6 Å². The molecule has 10 heteroatoms. The summed E-state index contributed by atoms with van der Waals surface area (Å²) < 4.78 is 40.8. The molecule has 0 bridgehead atoms. The highest BCUT2D eigenvalue weighted by molar-refractivity contribution is 6.31. The largest absolute Gasteiger partial charge is 0.573 e. The van der Waals surface area contributed by atoms with Crippen LogP contribution in [0.25, 0.3) is 0 Å². The number of alkyl halides is 4. The molecule has 2 atom stereocenters. The second-order valence-electron chi connectivity index (χ2n) is 7.28. The van der Waals surface area contributed by atoms with Crippen molar-refractivity contribution in [3.8, 4) is 5.75 Å². The number of nitrogens with zero attached hydrogens (tertiary/aromatic N) is 1. The number of hydrogen-bond acceptors (Lipinski definition) is 4. The Bertz CT molecular complexity index is 807. The monoisotopic (exact) mass is 432 g/mol. The van der Waals surface area contributed by atoms with Crippen LogP contribution in [0.5, 0.6) is 5.75 Å². The van der Waals surface area contributed by atoms with E-state index in [0.29, 0.717) is 37.8 Å². The van der Waals surface area contributed by atoms with Crippen LogP contribution >= 0.6 is 11.6 Å². The van der Waals surface area contributed by atoms with Gasteiger partial charge < -0.3 is 9.64 Å². The molecule has 158 valence electrons. The summed E-state index contributed by atoms with van der Waals surface area (Å²) in [7, 11) is 0. The van der Waals surface area contributed by atoms with E-state index in [1.165, 1.54) is 36.1 Å². The van der Waals surface area contributed by atoms with Crippen LogP contribution in [0.3, 0.4) is 0 Å². The minimum Gasteiger partial charge on any atom is -0.406 e. The van der Waals surface area contributed by atoms with E-state index in [1.807, 2.05) is 0 Å². The van der Waals surface area contributed by atoms with Crippen molar-refractivity contribution in [1.29, 1.82) is 0 Å². The van der Waals surface area contributed by atoms with Crippen molar-refractivity contribution in [3.63, 3.8) is 0 Å². The quantitative estimate of drug-likeness (QED) is 0.726. The minimum absolute atomic E-state index is 0.258. The Morgan fingerprint density at radius 3 is 2.38 bits per heavy atom. The zero-order chi connectivity index (χ0) is 21.4. The zero-order valence-electron chi connectivity index (χ0n) is 15.6. The fourth-order valence-electron chi connectivity index (χ4n) is 3.59. The van der Waals surface area contributed by atoms with Crippen LogP contribution in [-0.4, -0.2) is 46.9 Å². The van der Waals surface area contributed by atoms with Gasteiger partial charge in [0.15, 0.2) is 0 Å². The molecule has 1 heterocycles. The number of imide groups is 1. The van der Waals surface area contributed by atoms with Gasteiger partial charge in [0.2, 0.25) is 17.7 Å². The number of likely N-dealkylation sites (tertiary alicyclic amines) is 1. The highest BCUT2D eigenvalue weighted by Crippen LogP contribution is 2.50. The molecule has 0 unspecified atom stereocenters. The topological polar surface area (TPSA) is 75.7 Å². The molecule has 2 aliphatic rings. The van der Waals surface area contributed by atoms with E-state index in [4.69, 9.17) is 11.6 Å². The van der Waals surface area contributed by atoms with Gasteiger partial charge in [0.05, 0.1) is 5.41 Å². The van der Waals surface area contributed by atoms with Gasteiger partial charge in [-0.1, -0.05) is 12.1 Å². The second kappa shape index (κ2) is 7.85. The molecule has 1 aliphatic carbocycles. The Morgan fingerprint density at radius 1 is 1.24 bits per heavy atom. The van der Waals surface area contributed by atoms with Crippen LogP contribution in [0.2, 0.25) is 0 Å². The fourth-order valence-corrected chi connectivity index (χ4v) is 3.64. The van der Waals surface area contributed by atoms with Crippen molar-refractivity contribution in [3.05, 3.63) is 29.8 Å². The molecular formula is C19H20ClF3N2O4. The maximum Gasteiger partial charge on any atom is 0.573 e. The van der Waals surface area contributed by atoms with Crippen LogP contribution in [0.4, 0.5) is 13.2 Å². The van der Waals surface area contributed by atoms with Crippen molar-refractivity contribution in [2.24, 2.45) is 0 Å². The van der Waals surface area contributed by atoms with Gasteiger partial charge in [0.1, 0.15) is 17.2 Å². The number of halogens is 4. The molecule has 1 saturated heterocycles. The molecule has 0 spiro atoms. The standard InChI is InChI=1S/C19H20ClF3N2O4/c1-11(20)15(26)24-16(27)14-3-2-10-25(14)17(28)18(8-9-18)12-4-6-13(7-5-12)29-19(21,22)23/h4-7,11,14H,2-3,8-10H2,1H3,(H,24,26,27)/t11-,14-/m0/s1. The van der Waals surface area contributed by atoms with Crippen LogP contribution < -0.4 is 10.1 Å². The maximum absolute atomic E-state index is 13.2. The van der Waals surface area contributed by atoms with Gasteiger partial charge in [-0.05, 0) is 50.3 Å². The summed E-state index contributed by atoms with van der Waals surface area (Å²) in [6, 6.07) is 4.45. The number of ether oxygens (including phenoxy) is 1. The predicted molar refractivity (Wildman–Crippen MR) is 97.2 cm³/mol. The van der Waals surface area contributed by atoms with Gasteiger partial charge in [0, 0.05) is 6.54 Å². The summed E-state index contributed by atoms with van der Waals surface area (Å²) in [4.78, 5) is 38.8. The lowest BCUT2D eigenvalue weighted by Gasteiger charge is -2.28. The molecule has 29 heavy (non-hydrogen) atoms. The van der Waals surface area contributed by atoms with Crippen molar-refractivity contribution >= 4 is 29.3 Å². The lowest BCUT2D eigenvalue weighted by molar-refractivity contribution is -0.274. The number of rotatable bonds is 5. The van der Waals surface area contributed by atoms with Crippen molar-refractivity contribution in [2.75, 3.05) is 6.54 Å². The third kappa shape index (κ3) is 4.66. The van der Waals surface area contributed by atoms with Gasteiger partial charge in [-0.15, -0.1) is 24.8 Å². The fraction of sp³-hybridized carbons (Fsp3) is 0.526. The molecule has 3 amide bonds. The predicted octanol–water partition coefficient (Wildman–Crippen LogP) is 2.88. The first-order chi connectivity index (χ1) is 13.5. The smallest absolute Gasteiger partial charge is 0.406 e. The number of hydrogen-bond donors (Lipinski definition) is 1. The first kappa shape index (κ1) is 21.4. The number of nitrogens with one attached hydrogen (secondary N) is 1. The molecule has 2 fully saturated rings. The van der Waals surface area contributed by atoms with E-state index in [-0.39, 0.29) is 11.7 Å². The molecule has 1 aromatic carbocycles. The Labute approximate surface area is 170 Å². The van der Waals surface area contributed by atoms with E-state index in [2.05, 4.69) is 10.1 Å². The van der Waals surface area contributed by atoms with Gasteiger partial charge in [-0.3, -0.25) is 19.7 Å². The summed E-state index contributed by atoms with van der Waals surface area (Å²) in [5.74, 6) is -1.82. The summed E-state index contributed by atoms with van der Waals surface area (Å²) in [6.45, 7) is 1.81. The van der Waals surface area contributed by atoms with Gasteiger partial charge in [0.25, 0.3) is 0 Å². The van der Waals surface area contributed by atoms with E-state index in [0.717, 1.165) is 0 Å². The average molecular weight is 433 g/mol. The Morgan fingerprint density at radius 2 is 1.86 bits per heavy atom. The normalized spacial score (nSPS) is 21.4. The molecule has 0 aromatic heterocycles. The summed E-state index contributed by atoms with van der Waals surface area (Å²) in [5, 5.41) is 1.34. The number of benzene rings is 1. The summed E-state index contributed by atoms with van der Waals surface area (Å²) in [6.07, 6.45) is -2.68. The first-order valence-electron chi connectivity index (χ1n) is 9.20. The summed E-state index contributed by atoms with van der Waals surface area (Å²) >= 11 is 5.67. The van der Waals surface area contributed by atoms with Gasteiger partial charge >= 0.3 is 6.36 Å². The average Bonchev–Trinajstić information content (AvgIpc) is 3.29.